The van der Waals surface area contributed by atoms with Gasteiger partial charge in [0.05, 0.1) is 16.4 Å². The van der Waals surface area contributed by atoms with Gasteiger partial charge < -0.3 is 14.0 Å². The highest BCUT2D eigenvalue weighted by atomic mass is 16.5. The van der Waals surface area contributed by atoms with E-state index in [2.05, 4.69) is 193 Å². The van der Waals surface area contributed by atoms with Gasteiger partial charge in [0.25, 0.3) is 0 Å². The highest BCUT2D eigenvalue weighted by molar-refractivity contribution is 6.15. The van der Waals surface area contributed by atoms with Crippen LogP contribution in [0.5, 0.6) is 23.0 Å². The Bertz CT molecular complexity index is 2810. The highest BCUT2D eigenvalue weighted by Crippen LogP contribution is 2.63. The molecule has 3 nitrogen and oxygen atoms in total. The lowest BCUT2D eigenvalue weighted by Crippen LogP contribution is -2.37. The van der Waals surface area contributed by atoms with Crippen molar-refractivity contribution >= 4 is 21.8 Å². The molecule has 0 atom stereocenters. The fourth-order valence-corrected chi connectivity index (χ4v) is 8.86. The van der Waals surface area contributed by atoms with Crippen molar-refractivity contribution in [2.45, 2.75) is 5.41 Å². The molecular weight excluding hydrogens is 635 g/mol. The van der Waals surface area contributed by atoms with Crippen LogP contribution in [0.25, 0.3) is 49.7 Å². The van der Waals surface area contributed by atoms with E-state index in [1.54, 1.807) is 0 Å². The number of hydrogen-bond acceptors (Lipinski definition) is 2. The summed E-state index contributed by atoms with van der Waals surface area (Å²) in [5.74, 6) is 3.38. The van der Waals surface area contributed by atoms with Gasteiger partial charge in [-0.1, -0.05) is 133 Å². The monoisotopic (exact) mass is 665 g/mol. The second-order valence-electron chi connectivity index (χ2n) is 13.6. The van der Waals surface area contributed by atoms with Gasteiger partial charge in [0.15, 0.2) is 0 Å². The van der Waals surface area contributed by atoms with E-state index in [0.29, 0.717) is 0 Å². The third kappa shape index (κ3) is 3.96. The number of benzene rings is 8. The molecule has 0 radical (unpaired) electrons. The van der Waals surface area contributed by atoms with E-state index in [9.17, 15) is 0 Å². The van der Waals surface area contributed by atoms with E-state index in [1.165, 1.54) is 27.4 Å². The van der Waals surface area contributed by atoms with E-state index >= 15 is 0 Å². The summed E-state index contributed by atoms with van der Waals surface area (Å²) in [4.78, 5) is 0. The molecule has 0 bridgehead atoms. The maximum atomic E-state index is 6.96. The van der Waals surface area contributed by atoms with Crippen LogP contribution in [0.2, 0.25) is 0 Å². The first kappa shape index (κ1) is 28.9. The maximum Gasteiger partial charge on any atom is 0.132 e. The lowest BCUT2D eigenvalue weighted by molar-refractivity contribution is 0.400. The molecule has 1 spiro atoms. The lowest BCUT2D eigenvalue weighted by Gasteiger charge is -2.46. The largest absolute Gasteiger partial charge is 0.457 e. The Morgan fingerprint density at radius 3 is 1.75 bits per heavy atom. The van der Waals surface area contributed by atoms with Crippen molar-refractivity contribution in [1.82, 2.24) is 4.57 Å². The summed E-state index contributed by atoms with van der Waals surface area (Å²) in [6.45, 7) is 0. The third-order valence-corrected chi connectivity index (χ3v) is 10.9. The van der Waals surface area contributed by atoms with Gasteiger partial charge in [0.2, 0.25) is 0 Å². The number of para-hydroxylation sites is 4. The van der Waals surface area contributed by atoms with Crippen molar-refractivity contribution in [2.75, 3.05) is 0 Å². The normalized spacial score (nSPS) is 13.5. The summed E-state index contributed by atoms with van der Waals surface area (Å²) in [6, 6.07) is 67.0. The van der Waals surface area contributed by atoms with E-state index < -0.39 is 5.41 Å². The molecule has 3 heterocycles. The van der Waals surface area contributed by atoms with Gasteiger partial charge in [-0.2, -0.15) is 0 Å². The maximum absolute atomic E-state index is 6.96. The molecule has 11 rings (SSSR count). The Balaban J connectivity index is 1.26. The molecule has 52 heavy (non-hydrogen) atoms. The Kier molecular flexibility index (Phi) is 6.17. The van der Waals surface area contributed by atoms with Crippen molar-refractivity contribution in [3.8, 4) is 50.9 Å². The van der Waals surface area contributed by atoms with Crippen molar-refractivity contribution in [3.05, 3.63) is 210 Å². The average Bonchev–Trinajstić information content (AvgIpc) is 3.56. The highest BCUT2D eigenvalue weighted by Gasteiger charge is 2.51. The van der Waals surface area contributed by atoms with Crippen LogP contribution in [0, 0.1) is 0 Å². The van der Waals surface area contributed by atoms with Crippen LogP contribution in [0.1, 0.15) is 22.3 Å². The molecule has 2 aliphatic rings. The first-order chi connectivity index (χ1) is 25.8. The molecule has 9 aromatic rings. The smallest absolute Gasteiger partial charge is 0.132 e. The van der Waals surface area contributed by atoms with E-state index in [-0.39, 0.29) is 0 Å². The molecule has 244 valence electrons. The fourth-order valence-electron chi connectivity index (χ4n) is 8.86. The SMILES string of the molecule is c1ccc(-c2cccc3c2C2(c4ccccc4Oc4ccccc42)c2cc(-c4cccc5c4c4ccccc4n5-c4ccccc4)ccc2O3)cc1. The van der Waals surface area contributed by atoms with Crippen molar-refractivity contribution < 1.29 is 9.47 Å². The fraction of sp³-hybridized carbons (Fsp3) is 0.0204. The molecule has 0 saturated heterocycles. The van der Waals surface area contributed by atoms with Gasteiger partial charge in [-0.05, 0) is 76.9 Å². The second kappa shape index (κ2) is 11.1. The van der Waals surface area contributed by atoms with Crippen LogP contribution in [-0.2, 0) is 5.41 Å². The summed E-state index contributed by atoms with van der Waals surface area (Å²) in [5, 5.41) is 2.45. The summed E-state index contributed by atoms with van der Waals surface area (Å²) in [7, 11) is 0. The number of fused-ring (bicyclic) bond motifs is 11. The molecule has 0 aliphatic carbocycles. The number of ether oxygens (including phenoxy) is 2. The number of rotatable bonds is 3. The Labute approximate surface area is 301 Å². The van der Waals surface area contributed by atoms with Crippen molar-refractivity contribution in [3.63, 3.8) is 0 Å². The van der Waals surface area contributed by atoms with Crippen molar-refractivity contribution in [2.24, 2.45) is 0 Å². The summed E-state index contributed by atoms with van der Waals surface area (Å²) >= 11 is 0. The van der Waals surface area contributed by atoms with Crippen LogP contribution < -0.4 is 9.47 Å². The molecule has 1 aromatic heterocycles. The number of hydrogen-bond donors (Lipinski definition) is 0. The topological polar surface area (TPSA) is 23.4 Å². The Morgan fingerprint density at radius 2 is 0.962 bits per heavy atom. The molecule has 0 N–H and O–H groups in total. The van der Waals surface area contributed by atoms with E-state index in [1.807, 2.05) is 0 Å². The van der Waals surface area contributed by atoms with Gasteiger partial charge in [0.1, 0.15) is 23.0 Å². The molecule has 0 fully saturated rings. The van der Waals surface area contributed by atoms with Gasteiger partial charge in [-0.15, -0.1) is 0 Å². The quantitative estimate of drug-likeness (QED) is 0.187. The first-order valence-electron chi connectivity index (χ1n) is 17.8. The molecule has 2 aliphatic heterocycles. The van der Waals surface area contributed by atoms with Gasteiger partial charge >= 0.3 is 0 Å². The zero-order valence-electron chi connectivity index (χ0n) is 28.2. The predicted octanol–water partition coefficient (Wildman–Crippen LogP) is 12.7. The van der Waals surface area contributed by atoms with E-state index in [4.69, 9.17) is 9.47 Å². The Hall–Kier alpha value is -6.84. The average molecular weight is 666 g/mol. The lowest BCUT2D eigenvalue weighted by atomic mass is 9.60. The Morgan fingerprint density at radius 1 is 0.385 bits per heavy atom. The van der Waals surface area contributed by atoms with Crippen LogP contribution in [0.4, 0.5) is 0 Å². The molecule has 3 heteroatoms. The summed E-state index contributed by atoms with van der Waals surface area (Å²) < 4.78 is 16.0. The summed E-state index contributed by atoms with van der Waals surface area (Å²) in [6.07, 6.45) is 0. The van der Waals surface area contributed by atoms with Crippen LogP contribution in [0.15, 0.2) is 188 Å². The van der Waals surface area contributed by atoms with Gasteiger partial charge in [0, 0.05) is 38.7 Å². The number of aromatic nitrogens is 1. The van der Waals surface area contributed by atoms with Crippen molar-refractivity contribution in [1.29, 1.82) is 0 Å². The molecular formula is C49H31NO2. The zero-order valence-corrected chi connectivity index (χ0v) is 28.2. The standard InChI is InChI=1S/C49H31NO2/c1-3-15-32(16-4-1)36-21-14-28-46-48(36)49(38-22-8-11-26-43(38)51-44-27-12-9-23-39(44)49)40-31-33(29-30-45(40)52-46)35-20-13-25-42-47(35)37-19-7-10-24-41(37)50(42)34-17-5-2-6-18-34/h1-31H. The number of nitrogens with zero attached hydrogens (tertiary/aromatic N) is 1. The molecule has 0 saturated carbocycles. The summed E-state index contributed by atoms with van der Waals surface area (Å²) in [5.41, 5.74) is 11.7. The van der Waals surface area contributed by atoms with Crippen LogP contribution in [0.3, 0.4) is 0 Å². The molecule has 8 aromatic carbocycles. The van der Waals surface area contributed by atoms with Crippen LogP contribution >= 0.6 is 0 Å². The van der Waals surface area contributed by atoms with Gasteiger partial charge in [-0.3, -0.25) is 0 Å². The molecule has 0 amide bonds. The minimum absolute atomic E-state index is 0.733. The first-order valence-corrected chi connectivity index (χ1v) is 17.8. The van der Waals surface area contributed by atoms with E-state index in [0.717, 1.165) is 67.6 Å². The minimum Gasteiger partial charge on any atom is -0.457 e. The molecule has 0 unspecified atom stereocenters. The zero-order chi connectivity index (χ0) is 34.2. The minimum atomic E-state index is -0.733. The van der Waals surface area contributed by atoms with Crippen LogP contribution in [-0.4, -0.2) is 4.57 Å². The second-order valence-corrected chi connectivity index (χ2v) is 13.6. The third-order valence-electron chi connectivity index (χ3n) is 10.9. The predicted molar refractivity (Wildman–Crippen MR) is 210 cm³/mol. The van der Waals surface area contributed by atoms with Gasteiger partial charge in [-0.25, -0.2) is 0 Å².